The second-order valence-electron chi connectivity index (χ2n) is 4.55. The first-order valence-corrected chi connectivity index (χ1v) is 9.62. The van der Waals surface area contributed by atoms with Crippen LogP contribution < -0.4 is 10.5 Å². The van der Waals surface area contributed by atoms with Crippen molar-refractivity contribution < 1.29 is 16.8 Å². The minimum Gasteiger partial charge on any atom is -0.329 e. The van der Waals surface area contributed by atoms with E-state index in [0.29, 0.717) is 12.0 Å². The van der Waals surface area contributed by atoms with Gasteiger partial charge in [0.15, 0.2) is 9.84 Å². The normalized spacial score (nSPS) is 14.2. The maximum Gasteiger partial charge on any atom is 0.216 e. The average molecular weight is 320 g/mol. The van der Waals surface area contributed by atoms with Crippen molar-refractivity contribution in [3.05, 3.63) is 29.8 Å². The maximum atomic E-state index is 11.9. The van der Waals surface area contributed by atoms with Gasteiger partial charge in [-0.25, -0.2) is 21.6 Å². The third-order valence-electron chi connectivity index (χ3n) is 2.99. The van der Waals surface area contributed by atoms with E-state index >= 15 is 0 Å². The van der Waals surface area contributed by atoms with E-state index in [-0.39, 0.29) is 18.0 Å². The summed E-state index contributed by atoms with van der Waals surface area (Å²) < 4.78 is 48.9. The van der Waals surface area contributed by atoms with Crippen LogP contribution in [0.4, 0.5) is 0 Å². The van der Waals surface area contributed by atoms with Gasteiger partial charge in [-0.1, -0.05) is 19.1 Å². The molecular formula is C12H20N2O4S2. The molecular weight excluding hydrogens is 300 g/mol. The molecule has 3 N–H and O–H groups in total. The zero-order chi connectivity index (χ0) is 15.4. The van der Waals surface area contributed by atoms with E-state index in [0.717, 1.165) is 6.26 Å². The molecule has 114 valence electrons. The third-order valence-corrected chi connectivity index (χ3v) is 6.06. The first-order valence-electron chi connectivity index (χ1n) is 6.18. The van der Waals surface area contributed by atoms with Crippen LogP contribution in [0.1, 0.15) is 18.9 Å². The van der Waals surface area contributed by atoms with Crippen molar-refractivity contribution in [1.82, 2.24) is 4.72 Å². The van der Waals surface area contributed by atoms with Crippen LogP contribution in [0.2, 0.25) is 0 Å². The quantitative estimate of drug-likeness (QED) is 0.749. The molecule has 20 heavy (non-hydrogen) atoms. The molecule has 0 aliphatic carbocycles. The molecule has 0 aromatic heterocycles. The number of rotatable bonds is 7. The predicted molar refractivity (Wildman–Crippen MR) is 78.4 cm³/mol. The van der Waals surface area contributed by atoms with E-state index in [2.05, 4.69) is 4.72 Å². The average Bonchev–Trinajstić information content (AvgIpc) is 2.37. The third kappa shape index (κ3) is 4.55. The largest absolute Gasteiger partial charge is 0.329 e. The molecule has 0 saturated heterocycles. The molecule has 1 atom stereocenters. The molecule has 0 spiro atoms. The fourth-order valence-corrected chi connectivity index (χ4v) is 3.60. The number of hydrogen-bond donors (Lipinski definition) is 2. The van der Waals surface area contributed by atoms with Crippen molar-refractivity contribution in [3.63, 3.8) is 0 Å². The number of nitrogens with one attached hydrogen (secondary N) is 1. The summed E-state index contributed by atoms with van der Waals surface area (Å²) in [6, 6.07) is 6.09. The van der Waals surface area contributed by atoms with Gasteiger partial charge in [0.2, 0.25) is 10.0 Å². The Labute approximate surface area is 120 Å². The second-order valence-corrected chi connectivity index (χ2v) is 8.61. The minimum absolute atomic E-state index is 0.0683. The molecule has 0 aliphatic rings. The summed E-state index contributed by atoms with van der Waals surface area (Å²) in [6.45, 7) is 1.94. The highest BCUT2D eigenvalue weighted by molar-refractivity contribution is 7.90. The summed E-state index contributed by atoms with van der Waals surface area (Å²) in [6.07, 6.45) is 1.57. The highest BCUT2D eigenvalue weighted by atomic mass is 32.2. The molecule has 0 amide bonds. The zero-order valence-corrected chi connectivity index (χ0v) is 13.2. The molecule has 0 fully saturated rings. The van der Waals surface area contributed by atoms with Gasteiger partial charge < -0.3 is 5.73 Å². The van der Waals surface area contributed by atoms with Crippen molar-refractivity contribution in [2.75, 3.05) is 12.8 Å². The standard InChI is InChI=1S/C12H20N2O4S2/c1-3-11(8-13)20(17,18)14-9-10-4-6-12(7-5-10)19(2,15)16/h4-7,11,14H,3,8-9,13H2,1-2H3. The zero-order valence-electron chi connectivity index (χ0n) is 11.5. The molecule has 1 aromatic rings. The minimum atomic E-state index is -3.45. The Morgan fingerprint density at radius 2 is 1.70 bits per heavy atom. The van der Waals surface area contributed by atoms with Gasteiger partial charge in [0.1, 0.15) is 0 Å². The van der Waals surface area contributed by atoms with Crippen LogP contribution in [-0.2, 0) is 26.4 Å². The number of sulfonamides is 1. The van der Waals surface area contributed by atoms with Crippen LogP contribution in [-0.4, -0.2) is 34.9 Å². The highest BCUT2D eigenvalue weighted by Gasteiger charge is 2.21. The van der Waals surface area contributed by atoms with Crippen molar-refractivity contribution in [3.8, 4) is 0 Å². The van der Waals surface area contributed by atoms with Gasteiger partial charge in [-0.2, -0.15) is 0 Å². The van der Waals surface area contributed by atoms with Crippen LogP contribution in [0, 0.1) is 0 Å². The predicted octanol–water partition coefficient (Wildman–Crippen LogP) is 0.247. The first-order chi connectivity index (χ1) is 9.20. The number of sulfone groups is 1. The molecule has 1 unspecified atom stereocenters. The fourth-order valence-electron chi connectivity index (χ4n) is 1.67. The molecule has 1 aromatic carbocycles. The summed E-state index contributed by atoms with van der Waals surface area (Å²) in [5.74, 6) is 0. The molecule has 0 aliphatic heterocycles. The monoisotopic (exact) mass is 320 g/mol. The van der Waals surface area contributed by atoms with Gasteiger partial charge >= 0.3 is 0 Å². The lowest BCUT2D eigenvalue weighted by atomic mass is 10.2. The van der Waals surface area contributed by atoms with Crippen LogP contribution >= 0.6 is 0 Å². The van der Waals surface area contributed by atoms with Crippen LogP contribution in [0.5, 0.6) is 0 Å². The lowest BCUT2D eigenvalue weighted by molar-refractivity contribution is 0.560. The molecule has 8 heteroatoms. The van der Waals surface area contributed by atoms with Crippen molar-refractivity contribution in [2.24, 2.45) is 5.73 Å². The van der Waals surface area contributed by atoms with E-state index < -0.39 is 25.1 Å². The van der Waals surface area contributed by atoms with E-state index in [1.165, 1.54) is 12.1 Å². The Balaban J connectivity index is 2.76. The first kappa shape index (κ1) is 17.1. The second kappa shape index (κ2) is 6.66. The Morgan fingerprint density at radius 3 is 2.10 bits per heavy atom. The number of benzene rings is 1. The van der Waals surface area contributed by atoms with E-state index in [9.17, 15) is 16.8 Å². The van der Waals surface area contributed by atoms with Gasteiger partial charge in [0.25, 0.3) is 0 Å². The van der Waals surface area contributed by atoms with Crippen LogP contribution in [0.25, 0.3) is 0 Å². The van der Waals surface area contributed by atoms with Crippen molar-refractivity contribution in [1.29, 1.82) is 0 Å². The Bertz CT molecular complexity index is 633. The van der Waals surface area contributed by atoms with Crippen LogP contribution in [0.3, 0.4) is 0 Å². The highest BCUT2D eigenvalue weighted by Crippen LogP contribution is 2.11. The van der Waals surface area contributed by atoms with E-state index in [1.807, 2.05) is 0 Å². The van der Waals surface area contributed by atoms with Gasteiger partial charge in [-0.15, -0.1) is 0 Å². The van der Waals surface area contributed by atoms with Gasteiger partial charge in [-0.05, 0) is 24.1 Å². The Morgan fingerprint density at radius 1 is 1.15 bits per heavy atom. The summed E-state index contributed by atoms with van der Waals surface area (Å²) in [4.78, 5) is 0.206. The smallest absolute Gasteiger partial charge is 0.216 e. The van der Waals surface area contributed by atoms with Gasteiger partial charge in [0, 0.05) is 19.3 Å². The lowest BCUT2D eigenvalue weighted by Gasteiger charge is -2.14. The van der Waals surface area contributed by atoms with Gasteiger partial charge in [-0.3, -0.25) is 0 Å². The Kier molecular flexibility index (Phi) is 5.69. The van der Waals surface area contributed by atoms with E-state index in [4.69, 9.17) is 5.73 Å². The molecule has 0 saturated carbocycles. The molecule has 0 bridgehead atoms. The topological polar surface area (TPSA) is 106 Å². The van der Waals surface area contributed by atoms with Crippen LogP contribution in [0.15, 0.2) is 29.2 Å². The maximum absolute atomic E-state index is 11.9. The summed E-state index contributed by atoms with van der Waals surface area (Å²) in [5, 5.41) is -0.613. The summed E-state index contributed by atoms with van der Waals surface area (Å²) in [7, 11) is -6.69. The Hall–Kier alpha value is -0.960. The summed E-state index contributed by atoms with van der Waals surface area (Å²) in [5.41, 5.74) is 6.11. The molecule has 6 nitrogen and oxygen atoms in total. The molecule has 0 radical (unpaired) electrons. The number of nitrogens with two attached hydrogens (primary N) is 1. The van der Waals surface area contributed by atoms with E-state index in [1.54, 1.807) is 19.1 Å². The van der Waals surface area contributed by atoms with Gasteiger partial charge in [0.05, 0.1) is 10.1 Å². The SMILES string of the molecule is CCC(CN)S(=O)(=O)NCc1ccc(S(C)(=O)=O)cc1. The summed E-state index contributed by atoms with van der Waals surface area (Å²) >= 11 is 0. The fraction of sp³-hybridized carbons (Fsp3) is 0.500. The van der Waals surface area contributed by atoms with Crippen molar-refractivity contribution >= 4 is 19.9 Å². The van der Waals surface area contributed by atoms with Crippen molar-refractivity contribution in [2.45, 2.75) is 30.0 Å². The number of hydrogen-bond acceptors (Lipinski definition) is 5. The molecule has 1 rings (SSSR count). The molecule has 0 heterocycles. The lowest BCUT2D eigenvalue weighted by Crippen LogP contribution is -2.38.